The monoisotopic (exact) mass is 294 g/mol. The van der Waals surface area contributed by atoms with E-state index in [2.05, 4.69) is 31.3 Å². The minimum atomic E-state index is -0.571. The number of hydrogen-bond acceptors (Lipinski definition) is 3. The van der Waals surface area contributed by atoms with Crippen LogP contribution < -0.4 is 10.1 Å². The zero-order valence-electron chi connectivity index (χ0n) is 13.4. The Bertz CT molecular complexity index is 444. The van der Waals surface area contributed by atoms with Crippen molar-refractivity contribution >= 4 is 0 Å². The van der Waals surface area contributed by atoms with E-state index in [0.29, 0.717) is 6.61 Å². The van der Waals surface area contributed by atoms with E-state index in [-0.39, 0.29) is 5.60 Å². The van der Waals surface area contributed by atoms with Gasteiger partial charge in [-0.3, -0.25) is 0 Å². The van der Waals surface area contributed by atoms with Crippen LogP contribution in [0.3, 0.4) is 0 Å². The van der Waals surface area contributed by atoms with Gasteiger partial charge in [0.2, 0.25) is 0 Å². The lowest BCUT2D eigenvalue weighted by Gasteiger charge is -2.41. The first-order valence-corrected chi connectivity index (χ1v) is 7.73. The lowest BCUT2D eigenvalue weighted by molar-refractivity contribution is -0.672. The van der Waals surface area contributed by atoms with Gasteiger partial charge in [-0.05, 0) is 44.5 Å². The van der Waals surface area contributed by atoms with Gasteiger partial charge in [0.25, 0.3) is 0 Å². The molecule has 0 radical (unpaired) electrons. The molecule has 4 nitrogen and oxygen atoms in total. The molecule has 1 aromatic rings. The van der Waals surface area contributed by atoms with E-state index in [4.69, 9.17) is 9.47 Å². The van der Waals surface area contributed by atoms with Crippen molar-refractivity contribution in [2.75, 3.05) is 20.3 Å². The summed E-state index contributed by atoms with van der Waals surface area (Å²) in [4.78, 5) is 0. The van der Waals surface area contributed by atoms with E-state index in [9.17, 15) is 5.11 Å². The number of nitrogens with two attached hydrogens (primary N) is 1. The third kappa shape index (κ3) is 4.99. The van der Waals surface area contributed by atoms with Crippen LogP contribution in [0.25, 0.3) is 0 Å². The second kappa shape index (κ2) is 6.77. The molecule has 1 fully saturated rings. The maximum absolute atomic E-state index is 10.7. The quantitative estimate of drug-likeness (QED) is 0.781. The van der Waals surface area contributed by atoms with Crippen LogP contribution >= 0.6 is 0 Å². The Kier molecular flexibility index (Phi) is 5.25. The van der Waals surface area contributed by atoms with Gasteiger partial charge in [0.05, 0.1) is 31.5 Å². The van der Waals surface area contributed by atoms with Crippen LogP contribution in [-0.4, -0.2) is 36.6 Å². The van der Waals surface area contributed by atoms with Gasteiger partial charge in [-0.2, -0.15) is 0 Å². The molecule has 0 aliphatic carbocycles. The smallest absolute Gasteiger partial charge is 0.118 e. The fourth-order valence-corrected chi connectivity index (χ4v) is 3.06. The van der Waals surface area contributed by atoms with E-state index in [1.54, 1.807) is 7.11 Å². The van der Waals surface area contributed by atoms with Crippen molar-refractivity contribution in [2.24, 2.45) is 0 Å². The van der Waals surface area contributed by atoms with E-state index in [0.717, 1.165) is 38.1 Å². The molecule has 3 N–H and O–H groups in total. The van der Waals surface area contributed by atoms with Crippen molar-refractivity contribution < 1.29 is 19.9 Å². The van der Waals surface area contributed by atoms with E-state index in [1.165, 1.54) is 5.56 Å². The molecule has 0 bridgehead atoms. The maximum Gasteiger partial charge on any atom is 0.118 e. The van der Waals surface area contributed by atoms with Crippen molar-refractivity contribution in [3.05, 3.63) is 29.8 Å². The van der Waals surface area contributed by atoms with Gasteiger partial charge in [-0.15, -0.1) is 0 Å². The van der Waals surface area contributed by atoms with Gasteiger partial charge in [0.1, 0.15) is 12.3 Å². The molecule has 0 unspecified atom stereocenters. The Balaban J connectivity index is 1.73. The Morgan fingerprint density at radius 1 is 1.29 bits per heavy atom. The molecule has 1 aliphatic heterocycles. The predicted octanol–water partition coefficient (Wildman–Crippen LogP) is 1.47. The molecule has 0 saturated carbocycles. The molecule has 2 rings (SSSR count). The van der Waals surface area contributed by atoms with Crippen LogP contribution in [0.4, 0.5) is 0 Å². The predicted molar refractivity (Wildman–Crippen MR) is 82.3 cm³/mol. The molecule has 1 aliphatic rings. The molecule has 1 aromatic carbocycles. The highest BCUT2D eigenvalue weighted by atomic mass is 16.5. The summed E-state index contributed by atoms with van der Waals surface area (Å²) in [5, 5.41) is 12.9. The first kappa shape index (κ1) is 16.3. The number of methoxy groups -OCH3 is 1. The summed E-state index contributed by atoms with van der Waals surface area (Å²) in [7, 11) is 1.68. The van der Waals surface area contributed by atoms with Crippen molar-refractivity contribution in [3.63, 3.8) is 0 Å². The van der Waals surface area contributed by atoms with E-state index < -0.39 is 5.60 Å². The summed E-state index contributed by atoms with van der Waals surface area (Å²) in [5.41, 5.74) is 0.497. The summed E-state index contributed by atoms with van der Waals surface area (Å²) in [6.45, 7) is 6.62. The molecule has 1 saturated heterocycles. The summed E-state index contributed by atoms with van der Waals surface area (Å²) in [6, 6.07) is 8.14. The highest BCUT2D eigenvalue weighted by molar-refractivity contribution is 5.26. The van der Waals surface area contributed by atoms with Gasteiger partial charge < -0.3 is 19.9 Å². The van der Waals surface area contributed by atoms with Crippen LogP contribution in [-0.2, 0) is 11.3 Å². The van der Waals surface area contributed by atoms with E-state index >= 15 is 0 Å². The largest absolute Gasteiger partial charge is 0.497 e. The summed E-state index contributed by atoms with van der Waals surface area (Å²) in [5.74, 6) is 0.887. The van der Waals surface area contributed by atoms with Crippen molar-refractivity contribution in [3.8, 4) is 5.75 Å². The highest BCUT2D eigenvalue weighted by Gasteiger charge is 2.39. The topological polar surface area (TPSA) is 55.3 Å². The number of rotatable bonds is 6. The second-order valence-corrected chi connectivity index (χ2v) is 6.64. The molecule has 4 heteroatoms. The zero-order valence-corrected chi connectivity index (χ0v) is 13.4. The van der Waals surface area contributed by atoms with Gasteiger partial charge in [-0.25, -0.2) is 0 Å². The molecule has 21 heavy (non-hydrogen) atoms. The molecule has 1 heterocycles. The summed E-state index contributed by atoms with van der Waals surface area (Å²) >= 11 is 0. The van der Waals surface area contributed by atoms with Crippen LogP contribution in [0.2, 0.25) is 0 Å². The lowest BCUT2D eigenvalue weighted by Crippen LogP contribution is -2.83. The fraction of sp³-hybridized carbons (Fsp3) is 0.647. The fourth-order valence-electron chi connectivity index (χ4n) is 3.06. The first-order valence-electron chi connectivity index (χ1n) is 7.73. The minimum absolute atomic E-state index is 0.205. The van der Waals surface area contributed by atoms with Crippen molar-refractivity contribution in [1.82, 2.24) is 0 Å². The Morgan fingerprint density at radius 2 is 2.00 bits per heavy atom. The molecule has 0 aromatic heterocycles. The number of ether oxygens (including phenoxy) is 2. The summed E-state index contributed by atoms with van der Waals surface area (Å²) in [6.07, 6.45) is 2.28. The van der Waals surface area contributed by atoms with Crippen LogP contribution in [0.1, 0.15) is 38.7 Å². The average molecular weight is 294 g/mol. The number of quaternary nitrogens is 1. The second-order valence-electron chi connectivity index (χ2n) is 6.64. The van der Waals surface area contributed by atoms with Crippen molar-refractivity contribution in [2.45, 2.75) is 50.9 Å². The normalized spacial score (nSPS) is 24.8. The summed E-state index contributed by atoms with van der Waals surface area (Å²) < 4.78 is 10.8. The SMILES string of the molecule is COc1ccc(C[NH2+]CC[C@]2(O)CCOC(C)(C)C2)cc1. The highest BCUT2D eigenvalue weighted by Crippen LogP contribution is 2.33. The molecular formula is C17H28NO3+. The molecular weight excluding hydrogens is 266 g/mol. The van der Waals surface area contributed by atoms with E-state index in [1.807, 2.05) is 12.1 Å². The molecule has 1 atom stereocenters. The Hall–Kier alpha value is -1.10. The third-order valence-electron chi connectivity index (χ3n) is 4.17. The van der Waals surface area contributed by atoms with Gasteiger partial charge in [0, 0.05) is 18.4 Å². The maximum atomic E-state index is 10.7. The Labute approximate surface area is 127 Å². The lowest BCUT2D eigenvalue weighted by atomic mass is 9.82. The zero-order chi connectivity index (χ0) is 15.3. The van der Waals surface area contributed by atoms with Crippen molar-refractivity contribution in [1.29, 1.82) is 0 Å². The minimum Gasteiger partial charge on any atom is -0.497 e. The molecule has 118 valence electrons. The molecule has 0 spiro atoms. The number of benzene rings is 1. The number of hydrogen-bond donors (Lipinski definition) is 2. The van der Waals surface area contributed by atoms with Gasteiger partial charge in [0.15, 0.2) is 0 Å². The first-order chi connectivity index (χ1) is 9.92. The number of aliphatic hydroxyl groups is 1. The third-order valence-corrected chi connectivity index (χ3v) is 4.17. The molecule has 0 amide bonds. The average Bonchev–Trinajstić information content (AvgIpc) is 2.43. The van der Waals surface area contributed by atoms with Gasteiger partial charge in [-0.1, -0.05) is 0 Å². The standard InChI is InChI=1S/C17H27NO3/c1-16(2)13-17(19,9-11-21-16)8-10-18-12-14-4-6-15(20-3)7-5-14/h4-7,18-19H,8-13H2,1-3H3/p+1/t17-/m0/s1. The van der Waals surface area contributed by atoms with Crippen LogP contribution in [0.15, 0.2) is 24.3 Å². The van der Waals surface area contributed by atoms with Crippen LogP contribution in [0, 0.1) is 0 Å². The van der Waals surface area contributed by atoms with Gasteiger partial charge >= 0.3 is 0 Å². The van der Waals surface area contributed by atoms with Crippen LogP contribution in [0.5, 0.6) is 5.75 Å². The Morgan fingerprint density at radius 3 is 2.62 bits per heavy atom.